The van der Waals surface area contributed by atoms with Gasteiger partial charge < -0.3 is 19.7 Å². The Morgan fingerprint density at radius 2 is 1.85 bits per heavy atom. The Labute approximate surface area is 235 Å². The number of rotatable bonds is 4. The van der Waals surface area contributed by atoms with Gasteiger partial charge in [-0.25, -0.2) is 19.7 Å². The summed E-state index contributed by atoms with van der Waals surface area (Å²) in [7, 11) is 0. The number of fused-ring (bicyclic) bond motifs is 2. The second-order valence-corrected chi connectivity index (χ2v) is 11.7. The first-order valence-electron chi connectivity index (χ1n) is 13.5. The molecule has 0 aliphatic carbocycles. The highest BCUT2D eigenvalue weighted by molar-refractivity contribution is 5.92. The molecule has 1 N–H and O–H groups in total. The van der Waals surface area contributed by atoms with Crippen LogP contribution in [-0.4, -0.2) is 46.3 Å². The van der Waals surface area contributed by atoms with Crippen molar-refractivity contribution in [3.63, 3.8) is 0 Å². The zero-order chi connectivity index (χ0) is 28.7. The lowest BCUT2D eigenvalue weighted by atomic mass is 9.86. The van der Waals surface area contributed by atoms with Gasteiger partial charge in [0.25, 0.3) is 0 Å². The molecule has 0 fully saturated rings. The van der Waals surface area contributed by atoms with E-state index >= 15 is 0 Å². The molecule has 0 bridgehead atoms. The van der Waals surface area contributed by atoms with Gasteiger partial charge in [-0.3, -0.25) is 4.90 Å². The van der Waals surface area contributed by atoms with Gasteiger partial charge in [-0.05, 0) is 71.2 Å². The minimum absolute atomic E-state index is 0.362. The van der Waals surface area contributed by atoms with Gasteiger partial charge in [-0.1, -0.05) is 12.1 Å². The lowest BCUT2D eigenvalue weighted by molar-refractivity contribution is 0.0566. The molecule has 3 aromatic rings. The Bertz CT molecular complexity index is 1470. The van der Waals surface area contributed by atoms with E-state index in [-0.39, 0.29) is 0 Å². The zero-order valence-electron chi connectivity index (χ0n) is 23.9. The zero-order valence-corrected chi connectivity index (χ0v) is 23.9. The number of amides is 1. The van der Waals surface area contributed by atoms with Gasteiger partial charge in [0.1, 0.15) is 17.9 Å². The molecule has 10 heteroatoms. The Morgan fingerprint density at radius 3 is 2.55 bits per heavy atom. The SMILES string of the molecule is Cc1c(N2CCc3cnc(Nc4ccc(C(C)(C)C#N)cc4)nc3C2)cnc2c1N(C(=O)OC(C)(C)C)CCO2. The highest BCUT2D eigenvalue weighted by Crippen LogP contribution is 2.39. The highest BCUT2D eigenvalue weighted by atomic mass is 16.6. The summed E-state index contributed by atoms with van der Waals surface area (Å²) in [5.74, 6) is 0.950. The summed E-state index contributed by atoms with van der Waals surface area (Å²) >= 11 is 0. The molecule has 2 aliphatic heterocycles. The van der Waals surface area contributed by atoms with Crippen molar-refractivity contribution in [1.29, 1.82) is 5.26 Å². The number of nitrogens with zero attached hydrogens (tertiary/aromatic N) is 6. The quantitative estimate of drug-likeness (QED) is 0.462. The van der Waals surface area contributed by atoms with Crippen molar-refractivity contribution in [2.24, 2.45) is 0 Å². The fourth-order valence-corrected chi connectivity index (χ4v) is 4.88. The number of anilines is 4. The molecule has 0 radical (unpaired) electrons. The van der Waals surface area contributed by atoms with E-state index in [0.29, 0.717) is 37.2 Å². The Balaban J connectivity index is 1.37. The first-order chi connectivity index (χ1) is 18.9. The summed E-state index contributed by atoms with van der Waals surface area (Å²) < 4.78 is 11.5. The molecule has 0 unspecified atom stereocenters. The van der Waals surface area contributed by atoms with Crippen molar-refractivity contribution < 1.29 is 14.3 Å². The molecule has 0 atom stereocenters. The van der Waals surface area contributed by atoms with Crippen LogP contribution in [0.15, 0.2) is 36.7 Å². The molecule has 4 heterocycles. The minimum Gasteiger partial charge on any atom is -0.474 e. The number of carbonyl (C=O) groups is 1. The summed E-state index contributed by atoms with van der Waals surface area (Å²) in [6.07, 6.45) is 4.07. The standard InChI is InChI=1S/C30H35N7O3/c1-19-24(16-32-26-25(19)37(13-14-39-26)28(38)40-29(2,3)4)36-12-11-20-15-33-27(35-23(20)17-36)34-22-9-7-21(8-10-22)30(5,6)18-31/h7-10,15-16H,11-14,17H2,1-6H3,(H,33,34,35). The fourth-order valence-electron chi connectivity index (χ4n) is 4.88. The Kier molecular flexibility index (Phi) is 7.00. The van der Waals surface area contributed by atoms with Crippen LogP contribution in [0, 0.1) is 18.3 Å². The number of nitrogens with one attached hydrogen (secondary N) is 1. The molecule has 1 amide bonds. The predicted octanol–water partition coefficient (Wildman–Crippen LogP) is 5.42. The van der Waals surface area contributed by atoms with Crippen LogP contribution in [0.3, 0.4) is 0 Å². The lowest BCUT2D eigenvalue weighted by Crippen LogP contribution is -2.42. The predicted molar refractivity (Wildman–Crippen MR) is 153 cm³/mol. The maximum atomic E-state index is 13.0. The van der Waals surface area contributed by atoms with Crippen LogP contribution in [-0.2, 0) is 23.1 Å². The van der Waals surface area contributed by atoms with Gasteiger partial charge in [0.2, 0.25) is 11.8 Å². The number of hydrogen-bond acceptors (Lipinski definition) is 9. The summed E-state index contributed by atoms with van der Waals surface area (Å²) in [4.78, 5) is 30.8. The van der Waals surface area contributed by atoms with Crippen molar-refractivity contribution in [3.8, 4) is 11.9 Å². The van der Waals surface area contributed by atoms with Crippen molar-refractivity contribution in [2.45, 2.75) is 65.5 Å². The summed E-state index contributed by atoms with van der Waals surface area (Å²) in [6, 6.07) is 10.1. The highest BCUT2D eigenvalue weighted by Gasteiger charge is 2.33. The van der Waals surface area contributed by atoms with E-state index in [1.807, 2.05) is 78.2 Å². The molecule has 40 heavy (non-hydrogen) atoms. The normalized spacial score (nSPS) is 14.9. The summed E-state index contributed by atoms with van der Waals surface area (Å²) in [5, 5.41) is 12.7. The molecule has 0 saturated carbocycles. The molecular formula is C30H35N7O3. The van der Waals surface area contributed by atoms with Gasteiger partial charge in [0.15, 0.2) is 0 Å². The van der Waals surface area contributed by atoms with Crippen LogP contribution in [0.1, 0.15) is 57.0 Å². The minimum atomic E-state index is -0.605. The number of hydrogen-bond donors (Lipinski definition) is 1. The smallest absolute Gasteiger partial charge is 0.415 e. The number of pyridine rings is 1. The third-order valence-electron chi connectivity index (χ3n) is 7.11. The van der Waals surface area contributed by atoms with Gasteiger partial charge in [0.05, 0.1) is 42.2 Å². The Hall–Kier alpha value is -4.39. The summed E-state index contributed by atoms with van der Waals surface area (Å²) in [5.41, 5.74) is 5.17. The van der Waals surface area contributed by atoms with Crippen molar-refractivity contribution >= 4 is 29.1 Å². The van der Waals surface area contributed by atoms with Crippen LogP contribution in [0.2, 0.25) is 0 Å². The first kappa shape index (κ1) is 27.2. The first-order valence-corrected chi connectivity index (χ1v) is 13.5. The monoisotopic (exact) mass is 541 g/mol. The topological polar surface area (TPSA) is 116 Å². The second-order valence-electron chi connectivity index (χ2n) is 11.7. The van der Waals surface area contributed by atoms with E-state index in [9.17, 15) is 10.1 Å². The second kappa shape index (κ2) is 10.3. The van der Waals surface area contributed by atoms with E-state index in [1.54, 1.807) is 4.90 Å². The van der Waals surface area contributed by atoms with Crippen LogP contribution in [0.4, 0.5) is 27.8 Å². The average molecular weight is 542 g/mol. The molecule has 0 spiro atoms. The third-order valence-corrected chi connectivity index (χ3v) is 7.11. The molecule has 2 aliphatic rings. The van der Waals surface area contributed by atoms with Gasteiger partial charge in [0, 0.05) is 24.0 Å². The molecule has 1 aromatic carbocycles. The number of carbonyl (C=O) groups excluding carboxylic acids is 1. The molecule has 0 saturated heterocycles. The molecule has 2 aromatic heterocycles. The maximum absolute atomic E-state index is 13.0. The number of benzene rings is 1. The van der Waals surface area contributed by atoms with E-state index in [4.69, 9.17) is 14.5 Å². The third kappa shape index (κ3) is 5.50. The lowest BCUT2D eigenvalue weighted by Gasteiger charge is -2.35. The fraction of sp³-hybridized carbons (Fsp3) is 0.433. The van der Waals surface area contributed by atoms with Crippen molar-refractivity contribution in [1.82, 2.24) is 15.0 Å². The van der Waals surface area contributed by atoms with E-state index < -0.39 is 17.1 Å². The summed E-state index contributed by atoms with van der Waals surface area (Å²) in [6.45, 7) is 13.5. The van der Waals surface area contributed by atoms with Crippen molar-refractivity contribution in [2.75, 3.05) is 34.8 Å². The molecule has 10 nitrogen and oxygen atoms in total. The molecule has 5 rings (SSSR count). The molecular weight excluding hydrogens is 506 g/mol. The van der Waals surface area contributed by atoms with Crippen LogP contribution >= 0.6 is 0 Å². The van der Waals surface area contributed by atoms with Crippen LogP contribution < -0.4 is 19.9 Å². The largest absolute Gasteiger partial charge is 0.474 e. The van der Waals surface area contributed by atoms with Gasteiger partial charge in [-0.2, -0.15) is 5.26 Å². The maximum Gasteiger partial charge on any atom is 0.415 e. The van der Waals surface area contributed by atoms with Crippen molar-refractivity contribution in [3.05, 3.63) is 59.0 Å². The van der Waals surface area contributed by atoms with Gasteiger partial charge in [-0.15, -0.1) is 0 Å². The average Bonchev–Trinajstić information content (AvgIpc) is 2.92. The number of aromatic nitrogens is 3. The van der Waals surface area contributed by atoms with Crippen LogP contribution in [0.5, 0.6) is 5.88 Å². The molecule has 208 valence electrons. The number of ether oxygens (including phenoxy) is 2. The Morgan fingerprint density at radius 1 is 1.10 bits per heavy atom. The van der Waals surface area contributed by atoms with Gasteiger partial charge >= 0.3 is 6.09 Å². The van der Waals surface area contributed by atoms with Crippen LogP contribution in [0.25, 0.3) is 0 Å². The number of nitriles is 1. The van der Waals surface area contributed by atoms with E-state index in [0.717, 1.165) is 46.7 Å². The van der Waals surface area contributed by atoms with E-state index in [2.05, 4.69) is 26.3 Å². The van der Waals surface area contributed by atoms with E-state index in [1.165, 1.54) is 0 Å².